The van der Waals surface area contributed by atoms with Gasteiger partial charge in [-0.25, -0.2) is 4.39 Å². The Balaban J connectivity index is 1.96. The van der Waals surface area contributed by atoms with Crippen molar-refractivity contribution < 1.29 is 9.13 Å². The van der Waals surface area contributed by atoms with Gasteiger partial charge in [0.25, 0.3) is 0 Å². The average Bonchev–Trinajstić information content (AvgIpc) is 3.10. The smallest absolute Gasteiger partial charge is 0.138 e. The molecule has 3 N–H and O–H groups in total. The first-order chi connectivity index (χ1) is 8.56. The minimum absolute atomic E-state index is 0.228. The van der Waals surface area contributed by atoms with Crippen molar-refractivity contribution >= 4 is 34.0 Å². The van der Waals surface area contributed by atoms with E-state index in [0.29, 0.717) is 20.4 Å². The van der Waals surface area contributed by atoms with Crippen LogP contribution in [0.4, 0.5) is 15.8 Å². The molecule has 1 aromatic rings. The lowest BCUT2D eigenvalue weighted by atomic mass is 10.0. The van der Waals surface area contributed by atoms with Gasteiger partial charge in [-0.1, -0.05) is 0 Å². The molecule has 0 radical (unpaired) electrons. The maximum Gasteiger partial charge on any atom is 0.138 e. The van der Waals surface area contributed by atoms with Gasteiger partial charge in [0, 0.05) is 26.3 Å². The van der Waals surface area contributed by atoms with E-state index in [0.717, 1.165) is 19.6 Å². The van der Waals surface area contributed by atoms with Gasteiger partial charge in [-0.3, -0.25) is 0 Å². The highest BCUT2D eigenvalue weighted by molar-refractivity contribution is 14.1. The monoisotopic (exact) mass is 364 g/mol. The van der Waals surface area contributed by atoms with Gasteiger partial charge in [-0.15, -0.1) is 0 Å². The summed E-state index contributed by atoms with van der Waals surface area (Å²) in [6.07, 6.45) is 3.45. The topological polar surface area (TPSA) is 47.3 Å². The minimum atomic E-state index is -0.228. The standard InChI is InChI=1S/C13H18FIN2O/c1-18-5-4-13(2-3-13)8-17-12-6-9(14)10(15)7-11(12)16/h6-7,17H,2-5,8,16H2,1H3. The van der Waals surface area contributed by atoms with Gasteiger partial charge in [-0.2, -0.15) is 0 Å². The second kappa shape index (κ2) is 5.61. The molecule has 0 spiro atoms. The molecular weight excluding hydrogens is 346 g/mol. The summed E-state index contributed by atoms with van der Waals surface area (Å²) in [7, 11) is 1.72. The van der Waals surface area contributed by atoms with Gasteiger partial charge < -0.3 is 15.8 Å². The molecule has 5 heteroatoms. The number of nitrogens with one attached hydrogen (secondary N) is 1. The zero-order valence-electron chi connectivity index (χ0n) is 10.4. The molecule has 0 atom stereocenters. The van der Waals surface area contributed by atoms with Gasteiger partial charge in [0.2, 0.25) is 0 Å². The molecule has 3 nitrogen and oxygen atoms in total. The molecule has 0 saturated heterocycles. The number of nitrogens with two attached hydrogens (primary N) is 1. The summed E-state index contributed by atoms with van der Waals surface area (Å²) in [5.41, 5.74) is 7.49. The fourth-order valence-corrected chi connectivity index (χ4v) is 2.50. The predicted molar refractivity (Wildman–Crippen MR) is 80.2 cm³/mol. The van der Waals surface area contributed by atoms with Gasteiger partial charge in [0.05, 0.1) is 14.9 Å². The molecule has 0 aliphatic heterocycles. The Bertz CT molecular complexity index is 435. The number of ether oxygens (including phenoxy) is 1. The molecule has 1 fully saturated rings. The Hall–Kier alpha value is -0.560. The van der Waals surface area contributed by atoms with Crippen LogP contribution in [-0.2, 0) is 4.74 Å². The van der Waals surface area contributed by atoms with Crippen molar-refractivity contribution in [1.29, 1.82) is 0 Å². The largest absolute Gasteiger partial charge is 0.397 e. The van der Waals surface area contributed by atoms with Crippen molar-refractivity contribution in [2.45, 2.75) is 19.3 Å². The molecule has 0 bridgehead atoms. The predicted octanol–water partition coefficient (Wildman–Crippen LogP) is 3.24. The molecule has 0 amide bonds. The third-order valence-corrected chi connectivity index (χ3v) is 4.37. The van der Waals surface area contributed by atoms with Crippen LogP contribution in [0.15, 0.2) is 12.1 Å². The summed E-state index contributed by atoms with van der Waals surface area (Å²) in [4.78, 5) is 0. The van der Waals surface area contributed by atoms with E-state index >= 15 is 0 Å². The number of rotatable bonds is 6. The van der Waals surface area contributed by atoms with Crippen LogP contribution in [0.2, 0.25) is 0 Å². The van der Waals surface area contributed by atoms with Crippen LogP contribution in [0, 0.1) is 14.8 Å². The van der Waals surface area contributed by atoms with E-state index < -0.39 is 0 Å². The van der Waals surface area contributed by atoms with Gasteiger partial charge in [0.15, 0.2) is 0 Å². The van der Waals surface area contributed by atoms with Gasteiger partial charge in [-0.05, 0) is 53.3 Å². The van der Waals surface area contributed by atoms with Gasteiger partial charge >= 0.3 is 0 Å². The van der Waals surface area contributed by atoms with E-state index in [9.17, 15) is 4.39 Å². The van der Waals surface area contributed by atoms with Crippen LogP contribution >= 0.6 is 22.6 Å². The van der Waals surface area contributed by atoms with E-state index in [-0.39, 0.29) is 5.82 Å². The Morgan fingerprint density at radius 2 is 2.22 bits per heavy atom. The van der Waals surface area contributed by atoms with Crippen LogP contribution in [0.25, 0.3) is 0 Å². The van der Waals surface area contributed by atoms with Crippen molar-refractivity contribution in [3.05, 3.63) is 21.5 Å². The normalized spacial score (nSPS) is 16.6. The van der Waals surface area contributed by atoms with Crippen LogP contribution in [-0.4, -0.2) is 20.3 Å². The maximum atomic E-state index is 13.5. The molecule has 1 aromatic carbocycles. The maximum absolute atomic E-state index is 13.5. The Morgan fingerprint density at radius 1 is 1.50 bits per heavy atom. The first-order valence-electron chi connectivity index (χ1n) is 6.04. The van der Waals surface area contributed by atoms with E-state index in [1.165, 1.54) is 18.9 Å². The lowest BCUT2D eigenvalue weighted by Crippen LogP contribution is -2.18. The third-order valence-electron chi connectivity index (χ3n) is 3.54. The number of benzene rings is 1. The lowest BCUT2D eigenvalue weighted by Gasteiger charge is -2.17. The van der Waals surface area contributed by atoms with Crippen LogP contribution in [0.1, 0.15) is 19.3 Å². The highest BCUT2D eigenvalue weighted by Gasteiger charge is 2.41. The highest BCUT2D eigenvalue weighted by Crippen LogP contribution is 2.48. The van der Waals surface area contributed by atoms with Crippen LogP contribution in [0.5, 0.6) is 0 Å². The fourth-order valence-electron chi connectivity index (χ4n) is 2.01. The van der Waals surface area contributed by atoms with Crippen molar-refractivity contribution in [2.75, 3.05) is 31.3 Å². The van der Waals surface area contributed by atoms with E-state index in [1.54, 1.807) is 13.2 Å². The zero-order valence-corrected chi connectivity index (χ0v) is 12.6. The number of nitrogen functional groups attached to an aromatic ring is 1. The SMILES string of the molecule is COCCC1(CNc2cc(F)c(I)cc2N)CC1. The first-order valence-corrected chi connectivity index (χ1v) is 7.11. The number of hydrogen-bond donors (Lipinski definition) is 2. The number of methoxy groups -OCH3 is 1. The Kier molecular flexibility index (Phi) is 4.32. The first kappa shape index (κ1) is 13.9. The van der Waals surface area contributed by atoms with Crippen LogP contribution < -0.4 is 11.1 Å². The number of hydrogen-bond acceptors (Lipinski definition) is 3. The van der Waals surface area contributed by atoms with Crippen molar-refractivity contribution in [2.24, 2.45) is 5.41 Å². The summed E-state index contributed by atoms with van der Waals surface area (Å²) in [6, 6.07) is 3.14. The van der Waals surface area contributed by atoms with Crippen molar-refractivity contribution in [3.8, 4) is 0 Å². The minimum Gasteiger partial charge on any atom is -0.397 e. The molecule has 100 valence electrons. The zero-order chi connectivity index (χ0) is 13.2. The Labute approximate surface area is 120 Å². The lowest BCUT2D eigenvalue weighted by molar-refractivity contribution is 0.175. The second-order valence-corrected chi connectivity index (χ2v) is 6.11. The average molecular weight is 364 g/mol. The second-order valence-electron chi connectivity index (χ2n) is 4.95. The van der Waals surface area contributed by atoms with E-state index in [1.807, 2.05) is 22.6 Å². The highest BCUT2D eigenvalue weighted by atomic mass is 127. The molecule has 1 aliphatic carbocycles. The summed E-state index contributed by atoms with van der Waals surface area (Å²) in [5, 5.41) is 3.27. The van der Waals surface area contributed by atoms with E-state index in [2.05, 4.69) is 5.32 Å². The third kappa shape index (κ3) is 3.26. The molecule has 2 rings (SSSR count). The molecule has 0 unspecified atom stereocenters. The van der Waals surface area contributed by atoms with Crippen molar-refractivity contribution in [3.63, 3.8) is 0 Å². The summed E-state index contributed by atoms with van der Waals surface area (Å²) in [5.74, 6) is -0.228. The van der Waals surface area contributed by atoms with Gasteiger partial charge in [0.1, 0.15) is 5.82 Å². The molecular formula is C13H18FIN2O. The molecule has 1 saturated carbocycles. The number of halogens is 2. The summed E-state index contributed by atoms with van der Waals surface area (Å²) >= 11 is 1.94. The fraction of sp³-hybridized carbons (Fsp3) is 0.538. The molecule has 0 aromatic heterocycles. The molecule has 18 heavy (non-hydrogen) atoms. The molecule has 1 aliphatic rings. The van der Waals surface area contributed by atoms with E-state index in [4.69, 9.17) is 10.5 Å². The summed E-state index contributed by atoms with van der Waals surface area (Å²) in [6.45, 7) is 1.61. The molecule has 0 heterocycles. The van der Waals surface area contributed by atoms with Crippen molar-refractivity contribution in [1.82, 2.24) is 0 Å². The number of anilines is 2. The quantitative estimate of drug-likeness (QED) is 0.602. The summed E-state index contributed by atoms with van der Waals surface area (Å²) < 4.78 is 19.1. The van der Waals surface area contributed by atoms with Crippen LogP contribution in [0.3, 0.4) is 0 Å². The Morgan fingerprint density at radius 3 is 2.83 bits per heavy atom.